The van der Waals surface area contributed by atoms with Crippen molar-refractivity contribution in [2.75, 3.05) is 7.05 Å². The number of carboxylic acids is 1. The van der Waals surface area contributed by atoms with Gasteiger partial charge >= 0.3 is 5.97 Å². The van der Waals surface area contributed by atoms with E-state index in [2.05, 4.69) is 10.3 Å². The molecule has 6 nitrogen and oxygen atoms in total. The van der Waals surface area contributed by atoms with Crippen LogP contribution in [0.3, 0.4) is 0 Å². The molecule has 106 valence electrons. The van der Waals surface area contributed by atoms with E-state index in [9.17, 15) is 9.59 Å². The second-order valence-corrected chi connectivity index (χ2v) is 6.61. The van der Waals surface area contributed by atoms with Gasteiger partial charge in [-0.2, -0.15) is 0 Å². The normalized spacial score (nSPS) is 13.4. The molecule has 0 aliphatic rings. The van der Waals surface area contributed by atoms with E-state index >= 15 is 0 Å². The number of carbonyl (C=O) groups excluding carboxylic acids is 1. The monoisotopic (exact) mass is 315 g/mol. The number of amides is 1. The quantitative estimate of drug-likeness (QED) is 0.399. The molecule has 0 aliphatic carbocycles. The third-order valence-corrected chi connectivity index (χ3v) is 5.00. The molecular formula is C9H18ClN3O3S2. The van der Waals surface area contributed by atoms with Crippen molar-refractivity contribution >= 4 is 51.0 Å². The van der Waals surface area contributed by atoms with E-state index in [4.69, 9.17) is 10.8 Å². The minimum atomic E-state index is -1.08. The summed E-state index contributed by atoms with van der Waals surface area (Å²) in [6, 6.07) is -0.984. The summed E-state index contributed by atoms with van der Waals surface area (Å²) < 4.78 is -0.711. The van der Waals surface area contributed by atoms with Crippen LogP contribution in [0.2, 0.25) is 0 Å². The lowest BCUT2D eigenvalue weighted by molar-refractivity contribution is -0.142. The van der Waals surface area contributed by atoms with Crippen LogP contribution in [0, 0.1) is 0 Å². The van der Waals surface area contributed by atoms with E-state index in [1.54, 1.807) is 20.9 Å². The topological polar surface area (TPSA) is 105 Å². The number of nitrogens with one attached hydrogen (secondary N) is 1. The highest BCUT2D eigenvalue weighted by Crippen LogP contribution is 2.38. The molecule has 1 atom stereocenters. The maximum absolute atomic E-state index is 11.1. The third kappa shape index (κ3) is 6.97. The van der Waals surface area contributed by atoms with E-state index in [1.165, 1.54) is 28.5 Å². The number of hydrogen-bond donors (Lipinski definition) is 3. The van der Waals surface area contributed by atoms with Crippen LogP contribution < -0.4 is 11.1 Å². The molecule has 18 heavy (non-hydrogen) atoms. The highest BCUT2D eigenvalue weighted by atomic mass is 35.5. The minimum Gasteiger partial charge on any atom is -0.480 e. The average molecular weight is 316 g/mol. The van der Waals surface area contributed by atoms with Gasteiger partial charge in [-0.3, -0.25) is 9.79 Å². The minimum absolute atomic E-state index is 0. The van der Waals surface area contributed by atoms with E-state index in [0.717, 1.165) is 0 Å². The molecule has 0 radical (unpaired) electrons. The number of nitrogens with two attached hydrogens (primary N) is 1. The first-order valence-electron chi connectivity index (χ1n) is 4.78. The summed E-state index contributed by atoms with van der Waals surface area (Å²) in [5.74, 6) is -1.46. The molecule has 0 saturated carbocycles. The van der Waals surface area contributed by atoms with Gasteiger partial charge in [-0.15, -0.1) is 12.4 Å². The first-order chi connectivity index (χ1) is 7.70. The number of amidine groups is 1. The molecular weight excluding hydrogens is 298 g/mol. The molecule has 0 fully saturated rings. The number of nitrogens with zero attached hydrogens (tertiary/aromatic N) is 1. The molecule has 4 N–H and O–H groups in total. The van der Waals surface area contributed by atoms with Gasteiger partial charge in [-0.25, -0.2) is 4.79 Å². The van der Waals surface area contributed by atoms with Crippen LogP contribution in [0.4, 0.5) is 0 Å². The van der Waals surface area contributed by atoms with Gasteiger partial charge in [0.2, 0.25) is 5.91 Å². The molecule has 1 amide bonds. The number of aliphatic carboxylic acids is 1. The molecule has 0 spiro atoms. The summed E-state index contributed by atoms with van der Waals surface area (Å²) in [4.78, 5) is 25.8. The number of carboxylic acid groups (broad SMARTS) is 1. The standard InChI is InChI=1S/C9H17N3O3S2.ClH/c1-5(13)12-6(7(14)15)9(2,3)17-16-8(10)11-4;/h6H,1-4H3,(H2,10,11)(H,12,13)(H,14,15);1H/t6-;/m1./s1. The zero-order valence-corrected chi connectivity index (χ0v) is 13.0. The summed E-state index contributed by atoms with van der Waals surface area (Å²) in [6.45, 7) is 4.73. The predicted molar refractivity (Wildman–Crippen MR) is 79.3 cm³/mol. The van der Waals surface area contributed by atoms with Crippen LogP contribution in [0.25, 0.3) is 0 Å². The van der Waals surface area contributed by atoms with E-state index in [1.807, 2.05) is 0 Å². The number of aliphatic imine (C=N–C) groups is 1. The summed E-state index contributed by atoms with van der Waals surface area (Å²) in [6.07, 6.45) is 0. The average Bonchev–Trinajstić information content (AvgIpc) is 2.21. The predicted octanol–water partition coefficient (Wildman–Crippen LogP) is 1.10. The van der Waals surface area contributed by atoms with Crippen LogP contribution in [-0.2, 0) is 9.59 Å². The smallest absolute Gasteiger partial charge is 0.327 e. The first kappa shape index (κ1) is 19.7. The maximum Gasteiger partial charge on any atom is 0.327 e. The second kappa shape index (κ2) is 8.49. The number of halogens is 1. The van der Waals surface area contributed by atoms with Gasteiger partial charge in [0.25, 0.3) is 0 Å². The lowest BCUT2D eigenvalue weighted by Crippen LogP contribution is -2.51. The van der Waals surface area contributed by atoms with E-state index < -0.39 is 16.8 Å². The Bertz CT molecular complexity index is 337. The van der Waals surface area contributed by atoms with Gasteiger partial charge < -0.3 is 16.2 Å². The van der Waals surface area contributed by atoms with Crippen molar-refractivity contribution in [3.63, 3.8) is 0 Å². The Morgan fingerprint density at radius 2 is 1.94 bits per heavy atom. The van der Waals surface area contributed by atoms with E-state index in [0.29, 0.717) is 5.17 Å². The van der Waals surface area contributed by atoms with Crippen LogP contribution in [0.15, 0.2) is 4.99 Å². The van der Waals surface area contributed by atoms with Gasteiger partial charge in [0.1, 0.15) is 6.04 Å². The fourth-order valence-corrected chi connectivity index (χ4v) is 3.02. The Morgan fingerprint density at radius 3 is 2.28 bits per heavy atom. The lowest BCUT2D eigenvalue weighted by atomic mass is 10.0. The highest BCUT2D eigenvalue weighted by molar-refractivity contribution is 8.82. The van der Waals surface area contributed by atoms with Gasteiger partial charge in [0.15, 0.2) is 5.17 Å². The first-order valence-corrected chi connectivity index (χ1v) is 6.93. The number of rotatable bonds is 5. The summed E-state index contributed by atoms with van der Waals surface area (Å²) in [7, 11) is 4.00. The lowest BCUT2D eigenvalue weighted by Gasteiger charge is -2.30. The molecule has 0 unspecified atom stereocenters. The Labute approximate surface area is 120 Å². The number of hydrogen-bond acceptors (Lipinski definition) is 5. The summed E-state index contributed by atoms with van der Waals surface area (Å²) in [5.41, 5.74) is 5.52. The molecule has 0 aromatic heterocycles. The van der Waals surface area contributed by atoms with Crippen molar-refractivity contribution in [2.24, 2.45) is 10.7 Å². The molecule has 0 aliphatic heterocycles. The van der Waals surface area contributed by atoms with Gasteiger partial charge in [-0.1, -0.05) is 10.8 Å². The van der Waals surface area contributed by atoms with Crippen molar-refractivity contribution in [3.8, 4) is 0 Å². The van der Waals surface area contributed by atoms with E-state index in [-0.39, 0.29) is 18.3 Å². The zero-order valence-electron chi connectivity index (χ0n) is 10.6. The fraction of sp³-hybridized carbons (Fsp3) is 0.667. The Morgan fingerprint density at radius 1 is 1.44 bits per heavy atom. The van der Waals surface area contributed by atoms with Gasteiger partial charge in [0, 0.05) is 14.0 Å². The SMILES string of the molecule is CN=C(N)SSC(C)(C)[C@H](NC(C)=O)C(=O)O.Cl. The molecule has 0 aromatic carbocycles. The molecule has 0 saturated heterocycles. The van der Waals surface area contributed by atoms with Crippen molar-refractivity contribution < 1.29 is 14.7 Å². The Hall–Kier alpha value is -0.600. The fourth-order valence-electron chi connectivity index (χ4n) is 0.972. The van der Waals surface area contributed by atoms with Crippen LogP contribution in [-0.4, -0.2) is 40.0 Å². The largest absolute Gasteiger partial charge is 0.480 e. The summed E-state index contributed by atoms with van der Waals surface area (Å²) in [5, 5.41) is 11.8. The van der Waals surface area contributed by atoms with Crippen molar-refractivity contribution in [2.45, 2.75) is 31.6 Å². The molecule has 9 heteroatoms. The maximum atomic E-state index is 11.1. The third-order valence-electron chi connectivity index (χ3n) is 1.85. The summed E-state index contributed by atoms with van der Waals surface area (Å²) >= 11 is 0. The van der Waals surface area contributed by atoms with Crippen LogP contribution in [0.1, 0.15) is 20.8 Å². The van der Waals surface area contributed by atoms with Gasteiger partial charge in [-0.05, 0) is 24.6 Å². The zero-order chi connectivity index (χ0) is 13.6. The molecule has 0 bridgehead atoms. The van der Waals surface area contributed by atoms with Crippen molar-refractivity contribution in [3.05, 3.63) is 0 Å². The molecule has 0 aromatic rings. The Balaban J connectivity index is 0. The van der Waals surface area contributed by atoms with Crippen molar-refractivity contribution in [1.82, 2.24) is 5.32 Å². The van der Waals surface area contributed by atoms with Crippen molar-refractivity contribution in [1.29, 1.82) is 0 Å². The molecule has 0 heterocycles. The van der Waals surface area contributed by atoms with Gasteiger partial charge in [0.05, 0.1) is 4.75 Å². The second-order valence-electron chi connectivity index (χ2n) is 3.80. The Kier molecular flexibility index (Phi) is 9.31. The van der Waals surface area contributed by atoms with Crippen LogP contribution in [0.5, 0.6) is 0 Å². The molecule has 0 rings (SSSR count). The highest BCUT2D eigenvalue weighted by Gasteiger charge is 2.37. The number of carbonyl (C=O) groups is 2. The van der Waals surface area contributed by atoms with Crippen LogP contribution >= 0.6 is 34.0 Å².